The highest BCUT2D eigenvalue weighted by molar-refractivity contribution is 6.36. The number of hydrogen-bond acceptors (Lipinski definition) is 5. The molecular weight excluding hydrogens is 232 g/mol. The van der Waals surface area contributed by atoms with E-state index in [9.17, 15) is 4.79 Å². The van der Waals surface area contributed by atoms with Crippen LogP contribution in [0.15, 0.2) is 5.16 Å². The Labute approximate surface area is 101 Å². The molecule has 1 spiro atoms. The smallest absolute Gasteiger partial charge is 0.356 e. The summed E-state index contributed by atoms with van der Waals surface area (Å²) in [5.74, 6) is -0.340. The molecule has 0 aliphatic carbocycles. The van der Waals surface area contributed by atoms with Crippen molar-refractivity contribution < 1.29 is 14.4 Å². The van der Waals surface area contributed by atoms with Gasteiger partial charge in [-0.15, -0.1) is 12.4 Å². The predicted octanol–water partition coefficient (Wildman–Crippen LogP) is 0.870. The van der Waals surface area contributed by atoms with Crippen LogP contribution in [0.1, 0.15) is 26.2 Å². The Morgan fingerprint density at radius 1 is 1.56 bits per heavy atom. The van der Waals surface area contributed by atoms with Crippen molar-refractivity contribution in [1.29, 1.82) is 0 Å². The Morgan fingerprint density at radius 3 is 2.88 bits per heavy atom. The lowest BCUT2D eigenvalue weighted by atomic mass is 9.88. The lowest BCUT2D eigenvalue weighted by Gasteiger charge is -2.30. The number of carbonyl (C=O) groups is 1. The molecule has 0 aromatic rings. The normalized spacial score (nSPS) is 21.9. The van der Waals surface area contributed by atoms with E-state index in [2.05, 4.69) is 10.5 Å². The van der Waals surface area contributed by atoms with Crippen LogP contribution >= 0.6 is 12.4 Å². The van der Waals surface area contributed by atoms with Crippen molar-refractivity contribution >= 4 is 24.1 Å². The molecule has 1 fully saturated rings. The lowest BCUT2D eigenvalue weighted by molar-refractivity contribution is -0.135. The van der Waals surface area contributed by atoms with Gasteiger partial charge in [-0.2, -0.15) is 0 Å². The van der Waals surface area contributed by atoms with Crippen molar-refractivity contribution in [2.75, 3.05) is 19.7 Å². The number of hydrogen-bond donors (Lipinski definition) is 1. The molecule has 0 saturated carbocycles. The maximum Gasteiger partial charge on any atom is 0.356 e. The molecule has 0 radical (unpaired) electrons. The third-order valence-corrected chi connectivity index (χ3v) is 2.86. The van der Waals surface area contributed by atoms with E-state index in [1.165, 1.54) is 0 Å². The van der Waals surface area contributed by atoms with E-state index in [0.717, 1.165) is 25.9 Å². The van der Waals surface area contributed by atoms with E-state index >= 15 is 0 Å². The topological polar surface area (TPSA) is 59.9 Å². The van der Waals surface area contributed by atoms with Gasteiger partial charge in [-0.05, 0) is 20.0 Å². The number of rotatable bonds is 2. The summed E-state index contributed by atoms with van der Waals surface area (Å²) in [6.45, 7) is 4.01. The minimum Gasteiger partial charge on any atom is -0.461 e. The van der Waals surface area contributed by atoms with Crippen molar-refractivity contribution in [3.8, 4) is 0 Å². The van der Waals surface area contributed by atoms with E-state index < -0.39 is 0 Å². The Balaban J connectivity index is 0.00000128. The van der Waals surface area contributed by atoms with Crippen LogP contribution in [0.2, 0.25) is 0 Å². The number of nitrogens with zero attached hydrogens (tertiary/aromatic N) is 1. The second-order valence-corrected chi connectivity index (χ2v) is 3.96. The lowest BCUT2D eigenvalue weighted by Crippen LogP contribution is -2.42. The molecule has 1 N–H and O–H groups in total. The van der Waals surface area contributed by atoms with Crippen LogP contribution < -0.4 is 5.32 Å². The number of carbonyl (C=O) groups excluding carboxylic acids is 1. The van der Waals surface area contributed by atoms with Crippen molar-refractivity contribution in [2.45, 2.75) is 31.8 Å². The van der Waals surface area contributed by atoms with Crippen LogP contribution in [0.25, 0.3) is 0 Å². The Morgan fingerprint density at radius 2 is 2.25 bits per heavy atom. The van der Waals surface area contributed by atoms with Gasteiger partial charge in [-0.3, -0.25) is 0 Å². The number of esters is 1. The number of nitrogens with one attached hydrogen (secondary N) is 1. The summed E-state index contributed by atoms with van der Waals surface area (Å²) in [7, 11) is 0. The summed E-state index contributed by atoms with van der Waals surface area (Å²) >= 11 is 0. The first kappa shape index (κ1) is 13.3. The quantitative estimate of drug-likeness (QED) is 0.737. The number of ether oxygens (including phenoxy) is 1. The van der Waals surface area contributed by atoms with Crippen LogP contribution in [-0.4, -0.2) is 37.0 Å². The van der Waals surface area contributed by atoms with E-state index in [0.29, 0.717) is 18.7 Å². The van der Waals surface area contributed by atoms with Gasteiger partial charge in [0.15, 0.2) is 5.71 Å². The van der Waals surface area contributed by atoms with Crippen molar-refractivity contribution in [1.82, 2.24) is 5.32 Å². The summed E-state index contributed by atoms with van der Waals surface area (Å²) in [6, 6.07) is 0. The monoisotopic (exact) mass is 248 g/mol. The van der Waals surface area contributed by atoms with Gasteiger partial charge in [0.1, 0.15) is 5.60 Å². The van der Waals surface area contributed by atoms with Gasteiger partial charge >= 0.3 is 5.97 Å². The standard InChI is InChI=1S/C10H16N2O3.ClH/c1-2-14-9(13)8-7-10(15-12-8)3-5-11-6-4-10;/h11H,2-7H2,1H3;1H. The second-order valence-electron chi connectivity index (χ2n) is 3.96. The molecule has 0 atom stereocenters. The molecule has 6 heteroatoms. The van der Waals surface area contributed by atoms with E-state index in [1.54, 1.807) is 6.92 Å². The summed E-state index contributed by atoms with van der Waals surface area (Å²) in [5, 5.41) is 7.10. The number of halogens is 1. The van der Waals surface area contributed by atoms with Gasteiger partial charge in [-0.1, -0.05) is 5.16 Å². The summed E-state index contributed by atoms with van der Waals surface area (Å²) < 4.78 is 4.89. The highest BCUT2D eigenvalue weighted by Gasteiger charge is 2.42. The summed E-state index contributed by atoms with van der Waals surface area (Å²) in [6.07, 6.45) is 2.40. The molecule has 2 rings (SSSR count). The molecule has 5 nitrogen and oxygen atoms in total. The molecule has 0 aromatic heterocycles. The fourth-order valence-corrected chi connectivity index (χ4v) is 2.00. The summed E-state index contributed by atoms with van der Waals surface area (Å²) in [5.41, 5.74) is 0.187. The summed E-state index contributed by atoms with van der Waals surface area (Å²) in [4.78, 5) is 16.8. The zero-order valence-corrected chi connectivity index (χ0v) is 10.1. The first-order valence-corrected chi connectivity index (χ1v) is 5.39. The highest BCUT2D eigenvalue weighted by atomic mass is 35.5. The average Bonchev–Trinajstić information content (AvgIpc) is 2.64. The molecule has 2 aliphatic heterocycles. The molecule has 0 bridgehead atoms. The van der Waals surface area contributed by atoms with Gasteiger partial charge in [0.05, 0.1) is 6.61 Å². The van der Waals surface area contributed by atoms with Crippen LogP contribution in [0.4, 0.5) is 0 Å². The first-order valence-electron chi connectivity index (χ1n) is 5.39. The van der Waals surface area contributed by atoms with Crippen molar-refractivity contribution in [3.63, 3.8) is 0 Å². The predicted molar refractivity (Wildman–Crippen MR) is 61.9 cm³/mol. The minimum absolute atomic E-state index is 0. The number of oxime groups is 1. The molecule has 0 aromatic carbocycles. The Bertz CT molecular complexity index is 288. The van der Waals surface area contributed by atoms with Crippen molar-refractivity contribution in [2.24, 2.45) is 5.16 Å². The SMILES string of the molecule is CCOC(=O)C1=NOC2(CCNCC2)C1.Cl. The molecule has 16 heavy (non-hydrogen) atoms. The highest BCUT2D eigenvalue weighted by Crippen LogP contribution is 2.32. The fraction of sp³-hybridized carbons (Fsp3) is 0.800. The van der Waals surface area contributed by atoms with E-state index in [4.69, 9.17) is 9.57 Å². The maximum atomic E-state index is 11.4. The second kappa shape index (κ2) is 5.50. The van der Waals surface area contributed by atoms with Gasteiger partial charge in [0, 0.05) is 19.3 Å². The Hall–Kier alpha value is -0.810. The third-order valence-electron chi connectivity index (χ3n) is 2.86. The van der Waals surface area contributed by atoms with Crippen LogP contribution in [0, 0.1) is 0 Å². The van der Waals surface area contributed by atoms with Crippen LogP contribution in [-0.2, 0) is 14.4 Å². The largest absolute Gasteiger partial charge is 0.461 e. The zero-order valence-electron chi connectivity index (χ0n) is 9.32. The van der Waals surface area contributed by atoms with Gasteiger partial charge in [0.2, 0.25) is 0 Å². The van der Waals surface area contributed by atoms with Gasteiger partial charge in [-0.25, -0.2) is 4.79 Å². The maximum absolute atomic E-state index is 11.4. The molecule has 2 heterocycles. The van der Waals surface area contributed by atoms with E-state index in [-0.39, 0.29) is 24.0 Å². The average molecular weight is 249 g/mol. The van der Waals surface area contributed by atoms with E-state index in [1.807, 2.05) is 0 Å². The van der Waals surface area contributed by atoms with Crippen LogP contribution in [0.3, 0.4) is 0 Å². The molecule has 92 valence electrons. The number of piperidine rings is 1. The first-order chi connectivity index (χ1) is 7.26. The zero-order chi connectivity index (χ0) is 10.7. The van der Waals surface area contributed by atoms with Gasteiger partial charge in [0.25, 0.3) is 0 Å². The molecule has 2 aliphatic rings. The minimum atomic E-state index is -0.340. The molecule has 0 unspecified atom stereocenters. The molecule has 1 saturated heterocycles. The van der Waals surface area contributed by atoms with Crippen LogP contribution in [0.5, 0.6) is 0 Å². The van der Waals surface area contributed by atoms with Gasteiger partial charge < -0.3 is 14.9 Å². The fourth-order valence-electron chi connectivity index (χ4n) is 2.00. The molecular formula is C10H17ClN2O3. The van der Waals surface area contributed by atoms with Crippen molar-refractivity contribution in [3.05, 3.63) is 0 Å². The third kappa shape index (κ3) is 2.65. The Kier molecular flexibility index (Phi) is 4.56. The molecule has 0 amide bonds.